The molecule has 0 saturated carbocycles. The van der Waals surface area contributed by atoms with Crippen molar-refractivity contribution in [3.8, 4) is 0 Å². The molecule has 1 unspecified atom stereocenters. The highest BCUT2D eigenvalue weighted by molar-refractivity contribution is 7.89. The number of rotatable bonds is 4. The van der Waals surface area contributed by atoms with Crippen LogP contribution in [0.4, 0.5) is 0 Å². The lowest BCUT2D eigenvalue weighted by atomic mass is 9.91. The topological polar surface area (TPSA) is 63.4 Å². The van der Waals surface area contributed by atoms with Crippen LogP contribution in [-0.4, -0.2) is 36.6 Å². The third-order valence-electron chi connectivity index (χ3n) is 3.29. The monoisotopic (exact) mass is 248 g/mol. The van der Waals surface area contributed by atoms with Crippen LogP contribution in [-0.2, 0) is 10.0 Å². The average Bonchev–Trinajstić information content (AvgIpc) is 2.19. The molecule has 4 nitrogen and oxygen atoms in total. The number of piperidine rings is 1. The summed E-state index contributed by atoms with van der Waals surface area (Å²) in [6, 6.07) is -0.00979. The van der Waals surface area contributed by atoms with E-state index in [4.69, 9.17) is 5.73 Å². The Hall–Kier alpha value is -0.130. The zero-order valence-electron chi connectivity index (χ0n) is 10.6. The second kappa shape index (κ2) is 5.02. The molecule has 1 saturated heterocycles. The van der Waals surface area contributed by atoms with E-state index in [0.29, 0.717) is 6.54 Å². The molecule has 96 valence electrons. The fourth-order valence-electron chi connectivity index (χ4n) is 2.14. The predicted octanol–water partition coefficient (Wildman–Crippen LogP) is 1.32. The number of nitrogens with zero attached hydrogens (tertiary/aromatic N) is 1. The minimum Gasteiger partial charge on any atom is -0.327 e. The van der Waals surface area contributed by atoms with Crippen LogP contribution >= 0.6 is 0 Å². The van der Waals surface area contributed by atoms with Crippen molar-refractivity contribution in [1.29, 1.82) is 0 Å². The lowest BCUT2D eigenvalue weighted by molar-refractivity contribution is 0.154. The summed E-state index contributed by atoms with van der Waals surface area (Å²) in [6.07, 6.45) is 3.38. The van der Waals surface area contributed by atoms with Crippen molar-refractivity contribution in [3.63, 3.8) is 0 Å². The quantitative estimate of drug-likeness (QED) is 0.816. The van der Waals surface area contributed by atoms with Gasteiger partial charge in [0.15, 0.2) is 0 Å². The van der Waals surface area contributed by atoms with Crippen LogP contribution in [0.25, 0.3) is 0 Å². The van der Waals surface area contributed by atoms with Gasteiger partial charge in [0.2, 0.25) is 10.0 Å². The highest BCUT2D eigenvalue weighted by atomic mass is 32.2. The normalized spacial score (nSPS) is 26.9. The van der Waals surface area contributed by atoms with Gasteiger partial charge in [-0.15, -0.1) is 0 Å². The average molecular weight is 248 g/mol. The summed E-state index contributed by atoms with van der Waals surface area (Å²) in [5.74, 6) is 0.250. The molecule has 5 heteroatoms. The molecule has 1 heterocycles. The van der Waals surface area contributed by atoms with E-state index in [1.54, 1.807) is 4.31 Å². The van der Waals surface area contributed by atoms with Crippen LogP contribution in [0.2, 0.25) is 0 Å². The lowest BCUT2D eigenvalue weighted by Crippen LogP contribution is -2.57. The molecule has 0 aromatic heterocycles. The van der Waals surface area contributed by atoms with E-state index in [1.807, 2.05) is 20.8 Å². The zero-order chi connectivity index (χ0) is 12.4. The SMILES string of the molecule is CCCCS(=O)(=O)N1CC(N)CCC1(C)C. The van der Waals surface area contributed by atoms with Crippen molar-refractivity contribution >= 4 is 10.0 Å². The van der Waals surface area contributed by atoms with Crippen LogP contribution in [0.1, 0.15) is 46.5 Å². The number of hydrogen-bond acceptors (Lipinski definition) is 3. The molecule has 1 aliphatic heterocycles. The molecule has 1 rings (SSSR count). The van der Waals surface area contributed by atoms with Crippen LogP contribution in [0.5, 0.6) is 0 Å². The molecule has 0 spiro atoms. The summed E-state index contributed by atoms with van der Waals surface area (Å²) in [6.45, 7) is 6.45. The van der Waals surface area contributed by atoms with Crippen LogP contribution in [0.3, 0.4) is 0 Å². The lowest BCUT2D eigenvalue weighted by Gasteiger charge is -2.43. The Morgan fingerprint density at radius 1 is 1.44 bits per heavy atom. The van der Waals surface area contributed by atoms with Gasteiger partial charge in [0.25, 0.3) is 0 Å². The Morgan fingerprint density at radius 2 is 2.06 bits per heavy atom. The second-order valence-corrected chi connectivity index (χ2v) is 7.32. The molecule has 0 bridgehead atoms. The molecular weight excluding hydrogens is 224 g/mol. The van der Waals surface area contributed by atoms with Gasteiger partial charge in [0.1, 0.15) is 0 Å². The van der Waals surface area contributed by atoms with E-state index in [-0.39, 0.29) is 17.3 Å². The maximum absolute atomic E-state index is 12.2. The highest BCUT2D eigenvalue weighted by Gasteiger charge is 2.39. The Labute approximate surface area is 99.2 Å². The predicted molar refractivity (Wildman–Crippen MR) is 66.7 cm³/mol. The zero-order valence-corrected chi connectivity index (χ0v) is 11.4. The van der Waals surface area contributed by atoms with Crippen molar-refractivity contribution in [1.82, 2.24) is 4.31 Å². The minimum atomic E-state index is -3.13. The van der Waals surface area contributed by atoms with Crippen molar-refractivity contribution in [2.24, 2.45) is 5.73 Å². The molecule has 1 atom stereocenters. The van der Waals surface area contributed by atoms with Crippen LogP contribution in [0, 0.1) is 0 Å². The van der Waals surface area contributed by atoms with Crippen molar-refractivity contribution in [2.75, 3.05) is 12.3 Å². The third-order valence-corrected chi connectivity index (χ3v) is 5.41. The summed E-state index contributed by atoms with van der Waals surface area (Å²) < 4.78 is 26.0. The number of unbranched alkanes of at least 4 members (excludes halogenated alkanes) is 1. The summed E-state index contributed by atoms with van der Waals surface area (Å²) in [4.78, 5) is 0. The number of hydrogen-bond donors (Lipinski definition) is 1. The summed E-state index contributed by atoms with van der Waals surface area (Å²) in [5.41, 5.74) is 5.59. The maximum atomic E-state index is 12.2. The number of sulfonamides is 1. The maximum Gasteiger partial charge on any atom is 0.214 e. The van der Waals surface area contributed by atoms with Gasteiger partial charge in [0, 0.05) is 18.1 Å². The van der Waals surface area contributed by atoms with E-state index >= 15 is 0 Å². The fourth-order valence-corrected chi connectivity index (χ4v) is 4.28. The third kappa shape index (κ3) is 3.18. The van der Waals surface area contributed by atoms with E-state index in [0.717, 1.165) is 25.7 Å². The van der Waals surface area contributed by atoms with Gasteiger partial charge in [-0.05, 0) is 33.1 Å². The van der Waals surface area contributed by atoms with Crippen molar-refractivity contribution < 1.29 is 8.42 Å². The first-order valence-corrected chi connectivity index (χ1v) is 7.66. The highest BCUT2D eigenvalue weighted by Crippen LogP contribution is 2.29. The Kier molecular flexibility index (Phi) is 4.37. The Balaban J connectivity index is 2.82. The van der Waals surface area contributed by atoms with Gasteiger partial charge >= 0.3 is 0 Å². The molecule has 1 aliphatic rings. The molecule has 0 aromatic rings. The fraction of sp³-hybridized carbons (Fsp3) is 1.00. The molecule has 1 fully saturated rings. The molecule has 0 radical (unpaired) electrons. The van der Waals surface area contributed by atoms with Crippen LogP contribution < -0.4 is 5.73 Å². The van der Waals surface area contributed by atoms with Gasteiger partial charge in [-0.2, -0.15) is 4.31 Å². The number of nitrogens with two attached hydrogens (primary N) is 1. The Morgan fingerprint density at radius 3 is 2.62 bits per heavy atom. The molecule has 0 aromatic carbocycles. The van der Waals surface area contributed by atoms with Gasteiger partial charge in [-0.1, -0.05) is 13.3 Å². The smallest absolute Gasteiger partial charge is 0.214 e. The minimum absolute atomic E-state index is 0.00979. The largest absolute Gasteiger partial charge is 0.327 e. The first-order valence-electron chi connectivity index (χ1n) is 6.05. The standard InChI is InChI=1S/C11H24N2O2S/c1-4-5-8-16(14,15)13-9-10(12)6-7-11(13,2)3/h10H,4-9,12H2,1-3H3. The molecule has 0 aliphatic carbocycles. The summed E-state index contributed by atoms with van der Waals surface area (Å²) in [7, 11) is -3.13. The second-order valence-electron chi connectivity index (χ2n) is 5.31. The molecule has 2 N–H and O–H groups in total. The van der Waals surface area contributed by atoms with Crippen LogP contribution in [0.15, 0.2) is 0 Å². The molecule has 16 heavy (non-hydrogen) atoms. The molecular formula is C11H24N2O2S. The van der Waals surface area contributed by atoms with E-state index in [1.165, 1.54) is 0 Å². The van der Waals surface area contributed by atoms with E-state index in [9.17, 15) is 8.42 Å². The van der Waals surface area contributed by atoms with E-state index < -0.39 is 10.0 Å². The Bertz CT molecular complexity index is 325. The first kappa shape index (κ1) is 13.9. The molecule has 0 amide bonds. The van der Waals surface area contributed by atoms with Gasteiger partial charge in [-0.3, -0.25) is 0 Å². The first-order chi connectivity index (χ1) is 7.29. The van der Waals surface area contributed by atoms with Gasteiger partial charge < -0.3 is 5.73 Å². The van der Waals surface area contributed by atoms with E-state index in [2.05, 4.69) is 0 Å². The summed E-state index contributed by atoms with van der Waals surface area (Å²) >= 11 is 0. The van der Waals surface area contributed by atoms with Gasteiger partial charge in [-0.25, -0.2) is 8.42 Å². The van der Waals surface area contributed by atoms with Gasteiger partial charge in [0.05, 0.1) is 5.75 Å². The summed E-state index contributed by atoms with van der Waals surface area (Å²) in [5, 5.41) is 0. The van der Waals surface area contributed by atoms with Crippen molar-refractivity contribution in [2.45, 2.75) is 58.0 Å². The van der Waals surface area contributed by atoms with Crippen molar-refractivity contribution in [3.05, 3.63) is 0 Å².